The Bertz CT molecular complexity index is 542. The summed E-state index contributed by atoms with van der Waals surface area (Å²) in [5.41, 5.74) is 1.61. The molecule has 2 aromatic rings. The van der Waals surface area contributed by atoms with E-state index >= 15 is 0 Å². The summed E-state index contributed by atoms with van der Waals surface area (Å²) < 4.78 is 1.87. The van der Waals surface area contributed by atoms with Gasteiger partial charge in [-0.3, -0.25) is 0 Å². The number of hydrogen-bond donors (Lipinski definition) is 1. The number of aromatic nitrogens is 5. The summed E-state index contributed by atoms with van der Waals surface area (Å²) in [6.45, 7) is 5.26. The van der Waals surface area contributed by atoms with Gasteiger partial charge in [0.2, 0.25) is 0 Å². The van der Waals surface area contributed by atoms with Crippen LogP contribution in [-0.4, -0.2) is 31.0 Å². The molecule has 1 N–H and O–H groups in total. The first-order chi connectivity index (χ1) is 8.74. The van der Waals surface area contributed by atoms with Crippen molar-refractivity contribution in [3.05, 3.63) is 6.33 Å². The van der Waals surface area contributed by atoms with E-state index in [1.165, 1.54) is 12.8 Å². The highest BCUT2D eigenvalue weighted by atomic mass is 15.4. The van der Waals surface area contributed by atoms with Crippen LogP contribution < -0.4 is 5.32 Å². The SMILES string of the molecule is CC(C)CCn1nnc2c(NC3CC3)ncnc21. The number of rotatable bonds is 5. The molecule has 2 heterocycles. The molecular weight excluding hydrogens is 228 g/mol. The molecular formula is C12H18N6. The van der Waals surface area contributed by atoms with Gasteiger partial charge in [0.25, 0.3) is 0 Å². The summed E-state index contributed by atoms with van der Waals surface area (Å²) >= 11 is 0. The molecule has 1 aliphatic carbocycles. The number of hydrogen-bond acceptors (Lipinski definition) is 5. The van der Waals surface area contributed by atoms with Crippen molar-refractivity contribution in [2.45, 2.75) is 45.7 Å². The zero-order chi connectivity index (χ0) is 12.5. The third-order valence-corrected chi connectivity index (χ3v) is 3.14. The summed E-state index contributed by atoms with van der Waals surface area (Å²) in [5.74, 6) is 1.47. The van der Waals surface area contributed by atoms with Crippen molar-refractivity contribution in [1.82, 2.24) is 25.0 Å². The second kappa shape index (κ2) is 4.51. The average molecular weight is 246 g/mol. The Labute approximate surface area is 106 Å². The molecule has 0 saturated heterocycles. The zero-order valence-electron chi connectivity index (χ0n) is 10.8. The molecule has 0 amide bonds. The Morgan fingerprint density at radius 1 is 1.39 bits per heavy atom. The van der Waals surface area contributed by atoms with Gasteiger partial charge < -0.3 is 5.32 Å². The largest absolute Gasteiger partial charge is 0.365 e. The molecule has 0 aliphatic heterocycles. The third kappa shape index (κ3) is 2.27. The van der Waals surface area contributed by atoms with Gasteiger partial charge in [-0.2, -0.15) is 0 Å². The van der Waals surface area contributed by atoms with E-state index in [0.717, 1.165) is 29.9 Å². The Kier molecular flexibility index (Phi) is 2.85. The first-order valence-corrected chi connectivity index (χ1v) is 6.55. The van der Waals surface area contributed by atoms with Crippen molar-refractivity contribution in [3.63, 3.8) is 0 Å². The maximum absolute atomic E-state index is 4.29. The van der Waals surface area contributed by atoms with Gasteiger partial charge in [0.1, 0.15) is 6.33 Å². The Hall–Kier alpha value is -1.72. The molecule has 0 aromatic carbocycles. The quantitative estimate of drug-likeness (QED) is 0.871. The van der Waals surface area contributed by atoms with Gasteiger partial charge in [-0.1, -0.05) is 19.1 Å². The maximum atomic E-state index is 4.29. The summed E-state index contributed by atoms with van der Waals surface area (Å²) in [7, 11) is 0. The number of nitrogens with zero attached hydrogens (tertiary/aromatic N) is 5. The van der Waals surface area contributed by atoms with Crippen molar-refractivity contribution in [2.75, 3.05) is 5.32 Å². The van der Waals surface area contributed by atoms with Crippen LogP contribution >= 0.6 is 0 Å². The standard InChI is InChI=1S/C12H18N6/c1-8(2)5-6-18-12-10(16-17-18)11(13-7-14-12)15-9-3-4-9/h7-9H,3-6H2,1-2H3,(H,13,14,15). The highest BCUT2D eigenvalue weighted by Crippen LogP contribution is 2.26. The van der Waals surface area contributed by atoms with Crippen LogP contribution in [0.5, 0.6) is 0 Å². The van der Waals surface area contributed by atoms with Crippen LogP contribution in [-0.2, 0) is 6.54 Å². The van der Waals surface area contributed by atoms with Crippen molar-refractivity contribution in [1.29, 1.82) is 0 Å². The van der Waals surface area contributed by atoms with E-state index in [4.69, 9.17) is 0 Å². The number of aryl methyl sites for hydroxylation is 1. The molecule has 6 nitrogen and oxygen atoms in total. The van der Waals surface area contributed by atoms with Crippen LogP contribution in [0.2, 0.25) is 0 Å². The highest BCUT2D eigenvalue weighted by Gasteiger charge is 2.23. The van der Waals surface area contributed by atoms with E-state index in [9.17, 15) is 0 Å². The monoisotopic (exact) mass is 246 g/mol. The fraction of sp³-hybridized carbons (Fsp3) is 0.667. The molecule has 0 spiro atoms. The maximum Gasteiger partial charge on any atom is 0.183 e. The van der Waals surface area contributed by atoms with Gasteiger partial charge in [-0.25, -0.2) is 14.6 Å². The second-order valence-corrected chi connectivity index (χ2v) is 5.31. The van der Waals surface area contributed by atoms with E-state index in [1.807, 2.05) is 4.68 Å². The normalized spacial score (nSPS) is 15.5. The third-order valence-electron chi connectivity index (χ3n) is 3.14. The predicted octanol–water partition coefficient (Wildman–Crippen LogP) is 1.84. The Morgan fingerprint density at radius 3 is 2.94 bits per heavy atom. The number of nitrogens with one attached hydrogen (secondary N) is 1. The molecule has 3 rings (SSSR count). The molecule has 0 unspecified atom stereocenters. The van der Waals surface area contributed by atoms with Gasteiger partial charge >= 0.3 is 0 Å². The lowest BCUT2D eigenvalue weighted by atomic mass is 10.1. The topological polar surface area (TPSA) is 68.5 Å². The van der Waals surface area contributed by atoms with Crippen molar-refractivity contribution in [2.24, 2.45) is 5.92 Å². The lowest BCUT2D eigenvalue weighted by Crippen LogP contribution is -2.06. The van der Waals surface area contributed by atoms with Crippen LogP contribution in [0.25, 0.3) is 11.2 Å². The lowest BCUT2D eigenvalue weighted by Gasteiger charge is -2.05. The molecule has 1 saturated carbocycles. The van der Waals surface area contributed by atoms with E-state index in [2.05, 4.69) is 39.4 Å². The molecule has 18 heavy (non-hydrogen) atoms. The summed E-state index contributed by atoms with van der Waals surface area (Å²) in [6.07, 6.45) is 5.09. The average Bonchev–Trinajstić information content (AvgIpc) is 3.06. The predicted molar refractivity (Wildman–Crippen MR) is 69.2 cm³/mol. The van der Waals surface area contributed by atoms with Crippen molar-refractivity contribution in [3.8, 4) is 0 Å². The number of fused-ring (bicyclic) bond motifs is 1. The fourth-order valence-electron chi connectivity index (χ4n) is 1.85. The highest BCUT2D eigenvalue weighted by molar-refractivity contribution is 5.82. The second-order valence-electron chi connectivity index (χ2n) is 5.31. The van der Waals surface area contributed by atoms with Crippen LogP contribution in [0.15, 0.2) is 6.33 Å². The van der Waals surface area contributed by atoms with Gasteiger partial charge in [-0.15, -0.1) is 5.10 Å². The van der Waals surface area contributed by atoms with Gasteiger partial charge in [0.05, 0.1) is 0 Å². The van der Waals surface area contributed by atoms with E-state index < -0.39 is 0 Å². The molecule has 0 bridgehead atoms. The molecule has 0 atom stereocenters. The van der Waals surface area contributed by atoms with E-state index in [1.54, 1.807) is 6.33 Å². The zero-order valence-corrected chi connectivity index (χ0v) is 10.8. The first-order valence-electron chi connectivity index (χ1n) is 6.55. The Morgan fingerprint density at radius 2 is 2.22 bits per heavy atom. The van der Waals surface area contributed by atoms with Crippen molar-refractivity contribution < 1.29 is 0 Å². The molecule has 0 radical (unpaired) electrons. The first kappa shape index (κ1) is 11.4. The molecule has 1 aliphatic rings. The lowest BCUT2D eigenvalue weighted by molar-refractivity contribution is 0.485. The van der Waals surface area contributed by atoms with Crippen LogP contribution in [0.1, 0.15) is 33.1 Å². The minimum absolute atomic E-state index is 0.559. The number of anilines is 1. The smallest absolute Gasteiger partial charge is 0.183 e. The summed E-state index contributed by atoms with van der Waals surface area (Å²) in [5, 5.41) is 11.8. The molecule has 1 fully saturated rings. The van der Waals surface area contributed by atoms with Gasteiger partial charge in [-0.05, 0) is 25.2 Å². The van der Waals surface area contributed by atoms with Gasteiger partial charge in [0, 0.05) is 12.6 Å². The fourth-order valence-corrected chi connectivity index (χ4v) is 1.85. The van der Waals surface area contributed by atoms with Crippen LogP contribution in [0.3, 0.4) is 0 Å². The van der Waals surface area contributed by atoms with E-state index in [0.29, 0.717) is 12.0 Å². The van der Waals surface area contributed by atoms with Gasteiger partial charge in [0.15, 0.2) is 17.0 Å². The van der Waals surface area contributed by atoms with Crippen LogP contribution in [0.4, 0.5) is 5.82 Å². The minimum atomic E-state index is 0.559. The van der Waals surface area contributed by atoms with Crippen molar-refractivity contribution >= 4 is 17.0 Å². The summed E-state index contributed by atoms with van der Waals surface area (Å²) in [4.78, 5) is 8.55. The van der Waals surface area contributed by atoms with E-state index in [-0.39, 0.29) is 0 Å². The van der Waals surface area contributed by atoms with Crippen LogP contribution in [0, 0.1) is 5.92 Å². The molecule has 6 heteroatoms. The summed E-state index contributed by atoms with van der Waals surface area (Å²) in [6, 6.07) is 0.559. The minimum Gasteiger partial charge on any atom is -0.365 e. The molecule has 2 aromatic heterocycles. The Balaban J connectivity index is 1.87. The molecule has 96 valence electrons.